The standard InChI is InChI=1S/C31H32/c1-21(2)27-18-12-13-19-28(27)31-23(4)29(20-25-14-8-6-9-15-25)22(3)30(24(31)5)26-16-10-7-11-17-26/h6-19,21H,20H2,1-5H3. The Bertz CT molecular complexity index is 1180. The van der Waals surface area contributed by atoms with Gasteiger partial charge in [0.25, 0.3) is 0 Å². The van der Waals surface area contributed by atoms with Crippen LogP contribution in [-0.2, 0) is 6.42 Å². The van der Waals surface area contributed by atoms with E-state index in [1.54, 1.807) is 0 Å². The van der Waals surface area contributed by atoms with Crippen LogP contribution in [0.25, 0.3) is 22.3 Å². The Morgan fingerprint density at radius 1 is 0.581 bits per heavy atom. The van der Waals surface area contributed by atoms with Crippen molar-refractivity contribution in [3.05, 3.63) is 118 Å². The van der Waals surface area contributed by atoms with Gasteiger partial charge in [0.1, 0.15) is 0 Å². The molecule has 0 saturated heterocycles. The summed E-state index contributed by atoms with van der Waals surface area (Å²) in [6.45, 7) is 11.5. The fourth-order valence-electron chi connectivity index (χ4n) is 5.01. The molecule has 31 heavy (non-hydrogen) atoms. The third-order valence-electron chi connectivity index (χ3n) is 6.54. The Labute approximate surface area is 187 Å². The molecule has 4 aromatic carbocycles. The van der Waals surface area contributed by atoms with Gasteiger partial charge in [0.2, 0.25) is 0 Å². The summed E-state index contributed by atoms with van der Waals surface area (Å²) in [6.07, 6.45) is 0.954. The lowest BCUT2D eigenvalue weighted by atomic mass is 9.79. The first-order valence-corrected chi connectivity index (χ1v) is 11.3. The van der Waals surface area contributed by atoms with Gasteiger partial charge in [-0.2, -0.15) is 0 Å². The van der Waals surface area contributed by atoms with Crippen LogP contribution in [0.5, 0.6) is 0 Å². The van der Waals surface area contributed by atoms with E-state index in [-0.39, 0.29) is 0 Å². The van der Waals surface area contributed by atoms with Gasteiger partial charge in [0.15, 0.2) is 0 Å². The van der Waals surface area contributed by atoms with Crippen LogP contribution < -0.4 is 0 Å². The third-order valence-corrected chi connectivity index (χ3v) is 6.54. The van der Waals surface area contributed by atoms with Crippen LogP contribution in [0.4, 0.5) is 0 Å². The first-order valence-electron chi connectivity index (χ1n) is 11.3. The molecule has 0 saturated carbocycles. The Balaban J connectivity index is 2.05. The lowest BCUT2D eigenvalue weighted by Crippen LogP contribution is -2.05. The number of benzene rings is 4. The maximum Gasteiger partial charge on any atom is -0.00201 e. The van der Waals surface area contributed by atoms with Gasteiger partial charge in [0, 0.05) is 0 Å². The summed E-state index contributed by atoms with van der Waals surface area (Å²) in [5.74, 6) is 0.481. The van der Waals surface area contributed by atoms with E-state index in [4.69, 9.17) is 0 Å². The summed E-state index contributed by atoms with van der Waals surface area (Å²) < 4.78 is 0. The van der Waals surface area contributed by atoms with Crippen molar-refractivity contribution in [1.82, 2.24) is 0 Å². The van der Waals surface area contributed by atoms with Gasteiger partial charge in [0.05, 0.1) is 0 Å². The summed E-state index contributed by atoms with van der Waals surface area (Å²) in [6, 6.07) is 30.7. The van der Waals surface area contributed by atoms with Gasteiger partial charge in [-0.3, -0.25) is 0 Å². The molecule has 0 nitrogen and oxygen atoms in total. The van der Waals surface area contributed by atoms with Gasteiger partial charge in [-0.05, 0) is 88.7 Å². The topological polar surface area (TPSA) is 0 Å². The van der Waals surface area contributed by atoms with Gasteiger partial charge in [-0.25, -0.2) is 0 Å². The molecule has 4 aromatic rings. The normalized spacial score (nSPS) is 11.2. The molecule has 0 spiro atoms. The number of hydrogen-bond donors (Lipinski definition) is 0. The van der Waals surface area contributed by atoms with E-state index < -0.39 is 0 Å². The Morgan fingerprint density at radius 3 is 1.77 bits per heavy atom. The average Bonchev–Trinajstić information content (AvgIpc) is 2.78. The van der Waals surface area contributed by atoms with Crippen LogP contribution in [0, 0.1) is 20.8 Å². The molecule has 0 radical (unpaired) electrons. The quantitative estimate of drug-likeness (QED) is 0.312. The molecule has 0 bridgehead atoms. The van der Waals surface area contributed by atoms with Crippen LogP contribution in [0.1, 0.15) is 53.1 Å². The fourth-order valence-corrected chi connectivity index (χ4v) is 5.01. The summed E-state index contributed by atoms with van der Waals surface area (Å²) in [4.78, 5) is 0. The zero-order valence-corrected chi connectivity index (χ0v) is 19.4. The molecule has 0 amide bonds. The molecule has 0 aliphatic rings. The van der Waals surface area contributed by atoms with Crippen LogP contribution in [-0.4, -0.2) is 0 Å². The van der Waals surface area contributed by atoms with Crippen molar-refractivity contribution in [1.29, 1.82) is 0 Å². The second-order valence-electron chi connectivity index (χ2n) is 8.87. The van der Waals surface area contributed by atoms with Crippen LogP contribution in [0.15, 0.2) is 84.9 Å². The highest BCUT2D eigenvalue weighted by molar-refractivity contribution is 5.85. The van der Waals surface area contributed by atoms with E-state index in [0.29, 0.717) is 5.92 Å². The predicted molar refractivity (Wildman–Crippen MR) is 135 cm³/mol. The van der Waals surface area contributed by atoms with E-state index in [0.717, 1.165) is 6.42 Å². The molecule has 0 heterocycles. The Morgan fingerprint density at radius 2 is 1.13 bits per heavy atom. The molecule has 0 aliphatic heterocycles. The zero-order chi connectivity index (χ0) is 22.0. The molecule has 0 heteroatoms. The number of hydrogen-bond acceptors (Lipinski definition) is 0. The van der Waals surface area contributed by atoms with Crippen LogP contribution in [0.3, 0.4) is 0 Å². The summed E-state index contributed by atoms with van der Waals surface area (Å²) in [5, 5.41) is 0. The van der Waals surface area contributed by atoms with Gasteiger partial charge in [-0.15, -0.1) is 0 Å². The fraction of sp³-hybridized carbons (Fsp3) is 0.226. The molecule has 4 rings (SSSR count). The molecule has 0 N–H and O–H groups in total. The summed E-state index contributed by atoms with van der Waals surface area (Å²) in [5.41, 5.74) is 13.9. The molecule has 0 aliphatic carbocycles. The van der Waals surface area contributed by atoms with E-state index in [2.05, 4.69) is 120 Å². The van der Waals surface area contributed by atoms with Crippen molar-refractivity contribution in [3.8, 4) is 22.3 Å². The molecule has 0 aromatic heterocycles. The van der Waals surface area contributed by atoms with Crippen molar-refractivity contribution in [2.45, 2.75) is 47.0 Å². The van der Waals surface area contributed by atoms with Gasteiger partial charge >= 0.3 is 0 Å². The smallest absolute Gasteiger partial charge is 0.00201 e. The first kappa shape index (κ1) is 21.1. The van der Waals surface area contributed by atoms with E-state index in [1.165, 1.54) is 55.6 Å². The Kier molecular flexibility index (Phi) is 6.09. The maximum atomic E-state index is 2.32. The van der Waals surface area contributed by atoms with E-state index in [9.17, 15) is 0 Å². The minimum absolute atomic E-state index is 0.481. The van der Waals surface area contributed by atoms with E-state index in [1.807, 2.05) is 0 Å². The highest BCUT2D eigenvalue weighted by atomic mass is 14.3. The van der Waals surface area contributed by atoms with Crippen molar-refractivity contribution < 1.29 is 0 Å². The van der Waals surface area contributed by atoms with Crippen LogP contribution in [0.2, 0.25) is 0 Å². The van der Waals surface area contributed by atoms with Crippen molar-refractivity contribution in [3.63, 3.8) is 0 Å². The minimum Gasteiger partial charge on any atom is -0.0622 e. The lowest BCUT2D eigenvalue weighted by molar-refractivity contribution is 0.868. The highest BCUT2D eigenvalue weighted by Crippen LogP contribution is 2.42. The molecular weight excluding hydrogens is 372 g/mol. The molecule has 156 valence electrons. The zero-order valence-electron chi connectivity index (χ0n) is 19.4. The monoisotopic (exact) mass is 404 g/mol. The molecule has 0 unspecified atom stereocenters. The van der Waals surface area contributed by atoms with Crippen LogP contribution >= 0.6 is 0 Å². The minimum atomic E-state index is 0.481. The van der Waals surface area contributed by atoms with E-state index >= 15 is 0 Å². The van der Waals surface area contributed by atoms with Crippen molar-refractivity contribution in [2.75, 3.05) is 0 Å². The number of rotatable bonds is 5. The second kappa shape index (κ2) is 8.94. The summed E-state index contributed by atoms with van der Waals surface area (Å²) >= 11 is 0. The van der Waals surface area contributed by atoms with Crippen molar-refractivity contribution >= 4 is 0 Å². The maximum absolute atomic E-state index is 2.32. The molecular formula is C31H32. The third kappa shape index (κ3) is 4.08. The highest BCUT2D eigenvalue weighted by Gasteiger charge is 2.21. The first-order chi connectivity index (χ1) is 15.0. The van der Waals surface area contributed by atoms with Gasteiger partial charge in [-0.1, -0.05) is 98.8 Å². The predicted octanol–water partition coefficient (Wildman–Crippen LogP) is 8.66. The SMILES string of the molecule is Cc1c(Cc2ccccc2)c(C)c(-c2ccccc2C(C)C)c(C)c1-c1ccccc1. The largest absolute Gasteiger partial charge is 0.0622 e. The van der Waals surface area contributed by atoms with Gasteiger partial charge < -0.3 is 0 Å². The summed E-state index contributed by atoms with van der Waals surface area (Å²) in [7, 11) is 0. The lowest BCUT2D eigenvalue weighted by Gasteiger charge is -2.25. The second-order valence-corrected chi connectivity index (χ2v) is 8.87. The molecule has 0 atom stereocenters. The molecule has 0 fully saturated rings. The van der Waals surface area contributed by atoms with Crippen molar-refractivity contribution in [2.24, 2.45) is 0 Å². The Hall–Kier alpha value is -3.12. The average molecular weight is 405 g/mol.